The quantitative estimate of drug-likeness (QED) is 0.454. The van der Waals surface area contributed by atoms with E-state index in [2.05, 4.69) is 4.74 Å². The van der Waals surface area contributed by atoms with Gasteiger partial charge in [-0.2, -0.15) is 0 Å². The summed E-state index contributed by atoms with van der Waals surface area (Å²) in [6.07, 6.45) is 4.05. The van der Waals surface area contributed by atoms with Crippen molar-refractivity contribution in [3.05, 3.63) is 29.8 Å². The maximum atomic E-state index is 12.8. The molecule has 8 nitrogen and oxygen atoms in total. The summed E-state index contributed by atoms with van der Waals surface area (Å²) < 4.78 is 9.80. The van der Waals surface area contributed by atoms with Gasteiger partial charge in [0.05, 0.1) is 12.7 Å². The summed E-state index contributed by atoms with van der Waals surface area (Å²) in [5, 5.41) is 0. The lowest BCUT2D eigenvalue weighted by atomic mass is 9.81. The molecule has 3 amide bonds. The molecule has 1 aromatic rings. The zero-order valence-electron chi connectivity index (χ0n) is 15.4. The number of hydrogen-bond acceptors (Lipinski definition) is 6. The maximum absolute atomic E-state index is 12.8. The van der Waals surface area contributed by atoms with Gasteiger partial charge in [0.15, 0.2) is 0 Å². The Hall–Kier alpha value is -2.90. The summed E-state index contributed by atoms with van der Waals surface area (Å²) >= 11 is 0. The number of methoxy groups -OCH3 is 1. The molecule has 2 aliphatic rings. The minimum absolute atomic E-state index is 0.215. The van der Waals surface area contributed by atoms with Crippen molar-refractivity contribution in [3.63, 3.8) is 0 Å². The lowest BCUT2D eigenvalue weighted by Gasteiger charge is -2.35. The fourth-order valence-corrected chi connectivity index (χ4v) is 3.74. The molecule has 1 saturated carbocycles. The van der Waals surface area contributed by atoms with Crippen LogP contribution in [0.2, 0.25) is 0 Å². The topological polar surface area (TPSA) is 93.2 Å². The van der Waals surface area contributed by atoms with E-state index in [9.17, 15) is 19.2 Å². The van der Waals surface area contributed by atoms with E-state index in [1.807, 2.05) is 0 Å². The van der Waals surface area contributed by atoms with Crippen LogP contribution < -0.4 is 4.74 Å². The highest BCUT2D eigenvalue weighted by Crippen LogP contribution is 2.39. The van der Waals surface area contributed by atoms with Crippen molar-refractivity contribution in [1.29, 1.82) is 0 Å². The summed E-state index contributed by atoms with van der Waals surface area (Å²) in [6, 6.07) is 5.36. The molecule has 1 aliphatic carbocycles. The Labute approximate surface area is 157 Å². The number of urea groups is 1. The number of nitrogens with zero attached hydrogens (tertiary/aromatic N) is 2. The van der Waals surface area contributed by atoms with E-state index in [1.165, 1.54) is 36.3 Å². The molecule has 1 heterocycles. The Kier molecular flexibility index (Phi) is 5.16. The molecule has 0 radical (unpaired) electrons. The lowest BCUT2D eigenvalue weighted by molar-refractivity contribution is -0.142. The maximum Gasteiger partial charge on any atom is 0.337 e. The van der Waals surface area contributed by atoms with Crippen LogP contribution in [0.5, 0.6) is 5.75 Å². The minimum Gasteiger partial charge on any atom is -0.465 e. The highest BCUT2D eigenvalue weighted by atomic mass is 16.5. The molecule has 3 rings (SSSR count). The zero-order chi connectivity index (χ0) is 19.6. The average molecular weight is 374 g/mol. The zero-order valence-corrected chi connectivity index (χ0v) is 15.4. The van der Waals surface area contributed by atoms with Crippen molar-refractivity contribution in [3.8, 4) is 5.75 Å². The Balaban J connectivity index is 1.66. The molecule has 2 fully saturated rings. The molecule has 0 atom stereocenters. The summed E-state index contributed by atoms with van der Waals surface area (Å²) in [4.78, 5) is 51.4. The van der Waals surface area contributed by atoms with Gasteiger partial charge in [0, 0.05) is 7.05 Å². The molecule has 0 N–H and O–H groups in total. The predicted molar refractivity (Wildman–Crippen MR) is 94.1 cm³/mol. The van der Waals surface area contributed by atoms with Crippen LogP contribution in [0.25, 0.3) is 0 Å². The van der Waals surface area contributed by atoms with Gasteiger partial charge < -0.3 is 14.4 Å². The summed E-state index contributed by atoms with van der Waals surface area (Å²) in [6.45, 7) is -0.442. The van der Waals surface area contributed by atoms with Gasteiger partial charge in [0.1, 0.15) is 17.8 Å². The van der Waals surface area contributed by atoms with Crippen LogP contribution in [-0.2, 0) is 14.3 Å². The number of imide groups is 1. The number of amides is 3. The van der Waals surface area contributed by atoms with E-state index in [0.29, 0.717) is 18.4 Å². The Morgan fingerprint density at radius 2 is 1.70 bits per heavy atom. The number of ether oxygens (including phenoxy) is 2. The van der Waals surface area contributed by atoms with E-state index in [-0.39, 0.29) is 11.7 Å². The molecule has 144 valence electrons. The Morgan fingerprint density at radius 3 is 2.30 bits per heavy atom. The number of esters is 2. The van der Waals surface area contributed by atoms with Crippen LogP contribution in [-0.4, -0.2) is 59.9 Å². The van der Waals surface area contributed by atoms with Gasteiger partial charge in [-0.1, -0.05) is 19.3 Å². The number of rotatable bonds is 4. The SMILES string of the molecule is COC(=O)c1ccc(OC(=O)CN2C(=O)N(C)C3(CCCCC3)C2=O)cc1. The molecule has 0 bridgehead atoms. The highest BCUT2D eigenvalue weighted by molar-refractivity contribution is 6.08. The van der Waals surface area contributed by atoms with Gasteiger partial charge in [-0.25, -0.2) is 14.4 Å². The third-order valence-electron chi connectivity index (χ3n) is 5.28. The van der Waals surface area contributed by atoms with E-state index < -0.39 is 30.1 Å². The predicted octanol–water partition coefficient (Wildman–Crippen LogP) is 1.98. The molecular weight excluding hydrogens is 352 g/mol. The molecule has 1 spiro atoms. The van der Waals surface area contributed by atoms with Crippen LogP contribution in [0.3, 0.4) is 0 Å². The van der Waals surface area contributed by atoms with E-state index in [0.717, 1.165) is 24.2 Å². The minimum atomic E-state index is -0.822. The summed E-state index contributed by atoms with van der Waals surface area (Å²) in [7, 11) is 2.89. The second-order valence-corrected chi connectivity index (χ2v) is 6.82. The van der Waals surface area contributed by atoms with Crippen LogP contribution in [0.15, 0.2) is 24.3 Å². The second kappa shape index (κ2) is 7.38. The first-order chi connectivity index (χ1) is 12.9. The Morgan fingerprint density at radius 1 is 1.07 bits per heavy atom. The first-order valence-electron chi connectivity index (χ1n) is 8.88. The van der Waals surface area contributed by atoms with Gasteiger partial charge in [-0.15, -0.1) is 0 Å². The monoisotopic (exact) mass is 374 g/mol. The third kappa shape index (κ3) is 3.39. The van der Waals surface area contributed by atoms with Gasteiger partial charge in [0.2, 0.25) is 0 Å². The number of benzene rings is 1. The van der Waals surface area contributed by atoms with E-state index in [1.54, 1.807) is 7.05 Å². The van der Waals surface area contributed by atoms with Crippen molar-refractivity contribution in [2.75, 3.05) is 20.7 Å². The molecule has 27 heavy (non-hydrogen) atoms. The largest absolute Gasteiger partial charge is 0.465 e. The van der Waals surface area contributed by atoms with Crippen molar-refractivity contribution < 1.29 is 28.7 Å². The summed E-state index contributed by atoms with van der Waals surface area (Å²) in [5.74, 6) is -1.33. The van der Waals surface area contributed by atoms with Crippen LogP contribution in [0.4, 0.5) is 4.79 Å². The average Bonchev–Trinajstić information content (AvgIpc) is 2.85. The van der Waals surface area contributed by atoms with Crippen LogP contribution in [0, 0.1) is 0 Å². The third-order valence-corrected chi connectivity index (χ3v) is 5.28. The fraction of sp³-hybridized carbons (Fsp3) is 0.474. The number of carbonyl (C=O) groups excluding carboxylic acids is 4. The first kappa shape index (κ1) is 18.9. The molecule has 1 aliphatic heterocycles. The fourth-order valence-electron chi connectivity index (χ4n) is 3.74. The molecule has 1 saturated heterocycles. The van der Waals surface area contributed by atoms with Gasteiger partial charge >= 0.3 is 18.0 Å². The first-order valence-corrected chi connectivity index (χ1v) is 8.88. The van der Waals surface area contributed by atoms with E-state index >= 15 is 0 Å². The summed E-state index contributed by atoms with van der Waals surface area (Å²) in [5.41, 5.74) is -0.499. The number of carbonyl (C=O) groups is 4. The molecule has 1 aromatic carbocycles. The van der Waals surface area contributed by atoms with Gasteiger partial charge in [0.25, 0.3) is 5.91 Å². The van der Waals surface area contributed by atoms with E-state index in [4.69, 9.17) is 4.74 Å². The van der Waals surface area contributed by atoms with Gasteiger partial charge in [-0.3, -0.25) is 9.69 Å². The molecule has 0 unspecified atom stereocenters. The number of likely N-dealkylation sites (N-methyl/N-ethyl adjacent to an activating group) is 1. The van der Waals surface area contributed by atoms with Crippen LogP contribution in [0.1, 0.15) is 42.5 Å². The standard InChI is InChI=1S/C19H22N2O6/c1-20-18(25)21(17(24)19(20)10-4-3-5-11-19)12-15(22)27-14-8-6-13(7-9-14)16(23)26-2/h6-9H,3-5,10-12H2,1-2H3. The molecule has 0 aromatic heterocycles. The lowest BCUT2D eigenvalue weighted by Crippen LogP contribution is -2.49. The van der Waals surface area contributed by atoms with Crippen molar-refractivity contribution in [1.82, 2.24) is 9.80 Å². The van der Waals surface area contributed by atoms with Crippen molar-refractivity contribution >= 4 is 23.9 Å². The molecule has 8 heteroatoms. The van der Waals surface area contributed by atoms with Gasteiger partial charge in [-0.05, 0) is 37.1 Å². The second-order valence-electron chi connectivity index (χ2n) is 6.82. The van der Waals surface area contributed by atoms with Crippen molar-refractivity contribution in [2.45, 2.75) is 37.6 Å². The molecular formula is C19H22N2O6. The Bertz CT molecular complexity index is 767. The van der Waals surface area contributed by atoms with Crippen LogP contribution >= 0.6 is 0 Å². The normalized spacial score (nSPS) is 18.7. The van der Waals surface area contributed by atoms with Crippen molar-refractivity contribution in [2.24, 2.45) is 0 Å². The smallest absolute Gasteiger partial charge is 0.337 e. The number of hydrogen-bond donors (Lipinski definition) is 0. The highest BCUT2D eigenvalue weighted by Gasteiger charge is 2.55.